The number of thiophene rings is 1. The Bertz CT molecular complexity index is 725. The van der Waals surface area contributed by atoms with Gasteiger partial charge in [-0.2, -0.15) is 0 Å². The summed E-state index contributed by atoms with van der Waals surface area (Å²) in [6.07, 6.45) is 7.47. The van der Waals surface area contributed by atoms with E-state index < -0.39 is 0 Å². The molecule has 2 heteroatoms. The smallest absolute Gasteiger partial charge is 0.106 e. The standard InChI is InChI=1S/C12H8S.C5H6O/c1-2-4-11-9(3-1)5-6-10-7-8-13-12(10)11;1-2-4-6-5-3-1/h1-8H;1-4H,5H2. The van der Waals surface area contributed by atoms with Crippen molar-refractivity contribution in [1.82, 2.24) is 0 Å². The van der Waals surface area contributed by atoms with Crippen LogP contribution < -0.4 is 0 Å². The van der Waals surface area contributed by atoms with Gasteiger partial charge in [0, 0.05) is 4.70 Å². The van der Waals surface area contributed by atoms with E-state index in [-0.39, 0.29) is 0 Å². The fourth-order valence-corrected chi connectivity index (χ4v) is 2.98. The molecule has 0 aliphatic carbocycles. The fourth-order valence-electron chi connectivity index (χ4n) is 2.04. The van der Waals surface area contributed by atoms with Crippen LogP contribution in [0.25, 0.3) is 20.9 Å². The molecule has 2 heterocycles. The fraction of sp³-hybridized carbons (Fsp3) is 0.0588. The van der Waals surface area contributed by atoms with Gasteiger partial charge in [0.1, 0.15) is 6.61 Å². The SMILES string of the molecule is C1=CCOC=C1.c1ccc2c(c1)ccc1ccsc12. The third-order valence-corrected chi connectivity index (χ3v) is 3.92. The van der Waals surface area contributed by atoms with Gasteiger partial charge in [-0.15, -0.1) is 11.3 Å². The first-order chi connectivity index (χ1) is 9.45. The second kappa shape index (κ2) is 5.72. The van der Waals surface area contributed by atoms with Crippen LogP contribution in [0.15, 0.2) is 72.3 Å². The van der Waals surface area contributed by atoms with Gasteiger partial charge in [0.25, 0.3) is 0 Å². The summed E-state index contributed by atoms with van der Waals surface area (Å²) in [6, 6.07) is 15.1. The monoisotopic (exact) mass is 266 g/mol. The van der Waals surface area contributed by atoms with Crippen molar-refractivity contribution < 1.29 is 4.74 Å². The van der Waals surface area contributed by atoms with Gasteiger partial charge in [-0.1, -0.05) is 42.5 Å². The van der Waals surface area contributed by atoms with Gasteiger partial charge in [-0.05, 0) is 39.8 Å². The molecular weight excluding hydrogens is 252 g/mol. The van der Waals surface area contributed by atoms with E-state index in [1.54, 1.807) is 6.26 Å². The lowest BCUT2D eigenvalue weighted by atomic mass is 10.1. The van der Waals surface area contributed by atoms with Crippen molar-refractivity contribution in [3.8, 4) is 0 Å². The number of allylic oxidation sites excluding steroid dienone is 2. The summed E-state index contributed by atoms with van der Waals surface area (Å²) in [6.45, 7) is 0.733. The van der Waals surface area contributed by atoms with E-state index in [2.05, 4.69) is 47.8 Å². The topological polar surface area (TPSA) is 9.23 Å². The minimum absolute atomic E-state index is 0.733. The normalized spacial score (nSPS) is 13.1. The van der Waals surface area contributed by atoms with Gasteiger partial charge >= 0.3 is 0 Å². The van der Waals surface area contributed by atoms with Crippen molar-refractivity contribution in [2.75, 3.05) is 6.61 Å². The summed E-state index contributed by atoms with van der Waals surface area (Å²) in [5.74, 6) is 0. The highest BCUT2D eigenvalue weighted by atomic mass is 32.1. The molecule has 0 fully saturated rings. The van der Waals surface area contributed by atoms with Crippen LogP contribution in [0.2, 0.25) is 0 Å². The quantitative estimate of drug-likeness (QED) is 0.547. The van der Waals surface area contributed by atoms with Gasteiger partial charge in [-0.25, -0.2) is 0 Å². The lowest BCUT2D eigenvalue weighted by molar-refractivity contribution is 0.286. The van der Waals surface area contributed by atoms with Crippen LogP contribution in [0.1, 0.15) is 0 Å². The zero-order valence-corrected chi connectivity index (χ0v) is 11.3. The maximum atomic E-state index is 4.80. The minimum atomic E-state index is 0.733. The van der Waals surface area contributed by atoms with Gasteiger partial charge < -0.3 is 4.74 Å². The molecule has 1 aliphatic rings. The van der Waals surface area contributed by atoms with Crippen molar-refractivity contribution in [3.63, 3.8) is 0 Å². The molecule has 3 aromatic rings. The summed E-state index contributed by atoms with van der Waals surface area (Å²) in [5.41, 5.74) is 0. The molecule has 19 heavy (non-hydrogen) atoms. The predicted molar refractivity (Wildman–Crippen MR) is 83.6 cm³/mol. The second-order valence-electron chi connectivity index (χ2n) is 4.22. The highest BCUT2D eigenvalue weighted by molar-refractivity contribution is 7.18. The predicted octanol–water partition coefficient (Wildman–Crippen LogP) is 5.14. The third-order valence-electron chi connectivity index (χ3n) is 2.96. The van der Waals surface area contributed by atoms with Crippen molar-refractivity contribution in [2.45, 2.75) is 0 Å². The van der Waals surface area contributed by atoms with Crippen LogP contribution in [0, 0.1) is 0 Å². The Balaban J connectivity index is 0.000000155. The van der Waals surface area contributed by atoms with Gasteiger partial charge in [-0.3, -0.25) is 0 Å². The Kier molecular flexibility index (Phi) is 3.61. The van der Waals surface area contributed by atoms with E-state index in [1.165, 1.54) is 20.9 Å². The van der Waals surface area contributed by atoms with Crippen molar-refractivity contribution in [1.29, 1.82) is 0 Å². The molecule has 0 N–H and O–H groups in total. The second-order valence-corrected chi connectivity index (χ2v) is 5.13. The average Bonchev–Trinajstić information content (AvgIpc) is 2.99. The number of hydrogen-bond acceptors (Lipinski definition) is 2. The molecule has 1 nitrogen and oxygen atoms in total. The lowest BCUT2D eigenvalue weighted by Crippen LogP contribution is -1.82. The zero-order chi connectivity index (χ0) is 12.9. The molecule has 0 bridgehead atoms. The molecule has 1 aromatic heterocycles. The molecule has 2 aromatic carbocycles. The Hall–Kier alpha value is -2.06. The summed E-state index contributed by atoms with van der Waals surface area (Å²) >= 11 is 1.82. The molecule has 4 rings (SSSR count). The molecule has 0 saturated heterocycles. The number of hydrogen-bond donors (Lipinski definition) is 0. The first-order valence-corrected chi connectivity index (χ1v) is 7.11. The van der Waals surface area contributed by atoms with Crippen molar-refractivity contribution >= 4 is 32.2 Å². The minimum Gasteiger partial charge on any atom is -0.497 e. The van der Waals surface area contributed by atoms with E-state index in [1.807, 2.05) is 29.6 Å². The molecule has 0 radical (unpaired) electrons. The first-order valence-electron chi connectivity index (χ1n) is 6.23. The Morgan fingerprint density at radius 2 is 1.79 bits per heavy atom. The summed E-state index contributed by atoms with van der Waals surface area (Å²) in [7, 11) is 0. The van der Waals surface area contributed by atoms with Gasteiger partial charge in [0.2, 0.25) is 0 Å². The number of benzene rings is 2. The van der Waals surface area contributed by atoms with E-state index in [0.29, 0.717) is 0 Å². The summed E-state index contributed by atoms with van der Waals surface area (Å²) in [4.78, 5) is 0. The molecule has 1 aliphatic heterocycles. The van der Waals surface area contributed by atoms with E-state index in [0.717, 1.165) is 6.61 Å². The van der Waals surface area contributed by atoms with Crippen LogP contribution in [-0.4, -0.2) is 6.61 Å². The van der Waals surface area contributed by atoms with E-state index in [9.17, 15) is 0 Å². The van der Waals surface area contributed by atoms with E-state index >= 15 is 0 Å². The highest BCUT2D eigenvalue weighted by Gasteiger charge is 1.99. The molecule has 94 valence electrons. The summed E-state index contributed by atoms with van der Waals surface area (Å²) in [5, 5.41) is 6.20. The van der Waals surface area contributed by atoms with E-state index in [4.69, 9.17) is 4.74 Å². The summed E-state index contributed by atoms with van der Waals surface area (Å²) < 4.78 is 6.20. The Morgan fingerprint density at radius 3 is 2.53 bits per heavy atom. The maximum absolute atomic E-state index is 4.80. The lowest BCUT2D eigenvalue weighted by Gasteiger charge is -1.97. The first kappa shape index (κ1) is 12.0. The Morgan fingerprint density at radius 1 is 0.895 bits per heavy atom. The molecule has 0 atom stereocenters. The average molecular weight is 266 g/mol. The molecule has 0 spiro atoms. The highest BCUT2D eigenvalue weighted by Crippen LogP contribution is 2.29. The van der Waals surface area contributed by atoms with Crippen molar-refractivity contribution in [2.24, 2.45) is 0 Å². The largest absolute Gasteiger partial charge is 0.497 e. The molecular formula is C17H14OS. The van der Waals surface area contributed by atoms with Crippen LogP contribution in [0.5, 0.6) is 0 Å². The van der Waals surface area contributed by atoms with Crippen LogP contribution in [0.4, 0.5) is 0 Å². The Labute approximate surface area is 116 Å². The number of rotatable bonds is 0. The van der Waals surface area contributed by atoms with Crippen molar-refractivity contribution in [3.05, 3.63) is 72.3 Å². The van der Waals surface area contributed by atoms with Crippen LogP contribution >= 0.6 is 11.3 Å². The number of fused-ring (bicyclic) bond motifs is 3. The molecule has 0 amide bonds. The zero-order valence-electron chi connectivity index (χ0n) is 10.5. The van der Waals surface area contributed by atoms with Crippen LogP contribution in [-0.2, 0) is 4.74 Å². The van der Waals surface area contributed by atoms with Gasteiger partial charge in [0.05, 0.1) is 6.26 Å². The number of ether oxygens (including phenoxy) is 1. The third kappa shape index (κ3) is 2.69. The van der Waals surface area contributed by atoms with Gasteiger partial charge in [0.15, 0.2) is 0 Å². The molecule has 0 saturated carbocycles. The maximum Gasteiger partial charge on any atom is 0.106 e. The van der Waals surface area contributed by atoms with Crippen LogP contribution in [0.3, 0.4) is 0 Å². The molecule has 0 unspecified atom stereocenters.